The second kappa shape index (κ2) is 8.51. The Balaban J connectivity index is 1.98. The topological polar surface area (TPSA) is 61.9 Å². The molecule has 26 heavy (non-hydrogen) atoms. The highest BCUT2D eigenvalue weighted by Crippen LogP contribution is 2.30. The van der Waals surface area contributed by atoms with Gasteiger partial charge in [-0.15, -0.1) is 0 Å². The minimum absolute atomic E-state index is 0.153. The molecule has 0 spiro atoms. The first-order valence-corrected chi connectivity index (χ1v) is 9.70. The number of alkyl halides is 3. The molecule has 0 radical (unpaired) electrons. The maximum Gasteiger partial charge on any atom is 0.416 e. The third kappa shape index (κ3) is 5.06. The van der Waals surface area contributed by atoms with Crippen LogP contribution in [0, 0.1) is 0 Å². The summed E-state index contributed by atoms with van der Waals surface area (Å²) < 4.78 is 69.2. The molecule has 2 rings (SSSR count). The van der Waals surface area contributed by atoms with Gasteiger partial charge in [0, 0.05) is 39.8 Å². The van der Waals surface area contributed by atoms with Gasteiger partial charge in [0.2, 0.25) is 10.0 Å². The number of nitrogens with one attached hydrogen (secondary N) is 1. The molecule has 0 aliphatic carbocycles. The van der Waals surface area contributed by atoms with Crippen molar-refractivity contribution >= 4 is 27.4 Å². The van der Waals surface area contributed by atoms with E-state index in [4.69, 9.17) is 17.0 Å². The number of halogens is 3. The number of thiocarbonyl (C=S) groups is 1. The molecule has 1 aromatic rings. The van der Waals surface area contributed by atoms with E-state index in [0.29, 0.717) is 31.4 Å². The zero-order valence-electron chi connectivity index (χ0n) is 14.1. The molecule has 0 atom stereocenters. The minimum Gasteiger partial charge on any atom is -0.383 e. The predicted octanol–water partition coefficient (Wildman–Crippen LogP) is 1.53. The second-order valence-corrected chi connectivity index (χ2v) is 7.96. The molecule has 0 amide bonds. The molecule has 1 N–H and O–H groups in total. The molecule has 1 saturated heterocycles. The van der Waals surface area contributed by atoms with E-state index in [9.17, 15) is 21.6 Å². The maximum atomic E-state index is 12.6. The molecular formula is C15H20F3N3O3S2. The Morgan fingerprint density at radius 3 is 2.27 bits per heavy atom. The van der Waals surface area contributed by atoms with Gasteiger partial charge in [0.1, 0.15) is 0 Å². The van der Waals surface area contributed by atoms with Crippen molar-refractivity contribution in [1.82, 2.24) is 14.5 Å². The quantitative estimate of drug-likeness (QED) is 0.586. The monoisotopic (exact) mass is 411 g/mol. The van der Waals surface area contributed by atoms with E-state index in [1.54, 1.807) is 7.11 Å². The fourth-order valence-corrected chi connectivity index (χ4v) is 4.18. The smallest absolute Gasteiger partial charge is 0.383 e. The van der Waals surface area contributed by atoms with Crippen molar-refractivity contribution in [2.45, 2.75) is 11.1 Å². The zero-order chi connectivity index (χ0) is 19.4. The molecule has 1 aromatic carbocycles. The van der Waals surface area contributed by atoms with Crippen LogP contribution in [0.25, 0.3) is 0 Å². The van der Waals surface area contributed by atoms with Crippen molar-refractivity contribution in [1.29, 1.82) is 0 Å². The van der Waals surface area contributed by atoms with Crippen molar-refractivity contribution in [2.24, 2.45) is 0 Å². The molecule has 1 heterocycles. The Labute approximate surface area is 156 Å². The number of hydrogen-bond donors (Lipinski definition) is 1. The van der Waals surface area contributed by atoms with Gasteiger partial charge in [0.15, 0.2) is 5.11 Å². The van der Waals surface area contributed by atoms with Gasteiger partial charge in [-0.25, -0.2) is 8.42 Å². The average molecular weight is 411 g/mol. The van der Waals surface area contributed by atoms with E-state index in [1.165, 1.54) is 4.31 Å². The summed E-state index contributed by atoms with van der Waals surface area (Å²) in [5.41, 5.74) is -0.881. The number of ether oxygens (including phenoxy) is 1. The van der Waals surface area contributed by atoms with Crippen LogP contribution < -0.4 is 5.32 Å². The lowest BCUT2D eigenvalue weighted by Crippen LogP contribution is -2.53. The number of hydrogen-bond acceptors (Lipinski definition) is 4. The molecule has 0 bridgehead atoms. The molecule has 1 fully saturated rings. The Hall–Kier alpha value is -1.43. The largest absolute Gasteiger partial charge is 0.416 e. The molecule has 0 unspecified atom stereocenters. The van der Waals surface area contributed by atoms with Crippen LogP contribution in [0.5, 0.6) is 0 Å². The van der Waals surface area contributed by atoms with Gasteiger partial charge < -0.3 is 15.0 Å². The highest BCUT2D eigenvalue weighted by atomic mass is 32.2. The zero-order valence-corrected chi connectivity index (χ0v) is 15.8. The van der Waals surface area contributed by atoms with Gasteiger partial charge in [-0.3, -0.25) is 0 Å². The van der Waals surface area contributed by atoms with E-state index >= 15 is 0 Å². The Morgan fingerprint density at radius 2 is 1.77 bits per heavy atom. The predicted molar refractivity (Wildman–Crippen MR) is 94.3 cm³/mol. The Bertz CT molecular complexity index is 716. The van der Waals surface area contributed by atoms with E-state index in [0.717, 1.165) is 24.3 Å². The number of benzene rings is 1. The van der Waals surface area contributed by atoms with E-state index in [2.05, 4.69) is 5.32 Å². The van der Waals surface area contributed by atoms with Crippen molar-refractivity contribution in [2.75, 3.05) is 46.4 Å². The summed E-state index contributed by atoms with van der Waals surface area (Å²) in [4.78, 5) is 1.70. The van der Waals surface area contributed by atoms with Crippen molar-refractivity contribution in [3.05, 3.63) is 29.8 Å². The van der Waals surface area contributed by atoms with Crippen LogP contribution in [-0.4, -0.2) is 69.2 Å². The number of nitrogens with zero attached hydrogens (tertiary/aromatic N) is 2. The van der Waals surface area contributed by atoms with Gasteiger partial charge in [-0.1, -0.05) is 0 Å². The van der Waals surface area contributed by atoms with E-state index in [-0.39, 0.29) is 18.0 Å². The van der Waals surface area contributed by atoms with Gasteiger partial charge in [0.25, 0.3) is 0 Å². The molecule has 11 heteroatoms. The summed E-state index contributed by atoms with van der Waals surface area (Å²) in [6, 6.07) is 3.53. The molecule has 6 nitrogen and oxygen atoms in total. The van der Waals surface area contributed by atoms with Crippen molar-refractivity contribution in [3.8, 4) is 0 Å². The highest BCUT2D eigenvalue weighted by molar-refractivity contribution is 7.89. The fraction of sp³-hybridized carbons (Fsp3) is 0.533. The Morgan fingerprint density at radius 1 is 1.19 bits per heavy atom. The van der Waals surface area contributed by atoms with Crippen LogP contribution in [0.3, 0.4) is 0 Å². The van der Waals surface area contributed by atoms with Gasteiger partial charge >= 0.3 is 6.18 Å². The SMILES string of the molecule is COCCNC(=S)N1CCN(S(=O)(=O)c2ccc(C(F)(F)F)cc2)CC1. The van der Waals surface area contributed by atoms with Gasteiger partial charge in [0.05, 0.1) is 17.1 Å². The van der Waals surface area contributed by atoms with Gasteiger partial charge in [-0.2, -0.15) is 17.5 Å². The fourth-order valence-electron chi connectivity index (χ4n) is 2.47. The lowest BCUT2D eigenvalue weighted by Gasteiger charge is -2.35. The average Bonchev–Trinajstić information content (AvgIpc) is 2.61. The second-order valence-electron chi connectivity index (χ2n) is 5.64. The molecule has 1 aliphatic heterocycles. The molecule has 0 aromatic heterocycles. The van der Waals surface area contributed by atoms with Crippen LogP contribution in [0.1, 0.15) is 5.56 Å². The standard InChI is InChI=1S/C15H20F3N3O3S2/c1-24-11-6-19-14(25)20-7-9-21(10-8-20)26(22,23)13-4-2-12(3-5-13)15(16,17)18/h2-5H,6-11H2,1H3,(H,19,25). The van der Waals surface area contributed by atoms with E-state index in [1.807, 2.05) is 4.90 Å². The molecule has 0 saturated carbocycles. The molecular weight excluding hydrogens is 391 g/mol. The van der Waals surface area contributed by atoms with Crippen LogP contribution in [0.2, 0.25) is 0 Å². The van der Waals surface area contributed by atoms with E-state index < -0.39 is 21.8 Å². The van der Waals surface area contributed by atoms with Crippen LogP contribution in [0.4, 0.5) is 13.2 Å². The summed E-state index contributed by atoms with van der Waals surface area (Å²) in [6.45, 7) is 2.27. The lowest BCUT2D eigenvalue weighted by atomic mass is 10.2. The summed E-state index contributed by atoms with van der Waals surface area (Å²) >= 11 is 5.25. The summed E-state index contributed by atoms with van der Waals surface area (Å²) in [6.07, 6.45) is -4.50. The summed E-state index contributed by atoms with van der Waals surface area (Å²) in [5, 5.41) is 3.54. The van der Waals surface area contributed by atoms with Crippen LogP contribution in [-0.2, 0) is 20.9 Å². The van der Waals surface area contributed by atoms with Crippen molar-refractivity contribution in [3.63, 3.8) is 0 Å². The highest BCUT2D eigenvalue weighted by Gasteiger charge is 2.32. The lowest BCUT2D eigenvalue weighted by molar-refractivity contribution is -0.137. The summed E-state index contributed by atoms with van der Waals surface area (Å²) in [5.74, 6) is 0. The number of methoxy groups -OCH3 is 1. The van der Waals surface area contributed by atoms with Crippen molar-refractivity contribution < 1.29 is 26.3 Å². The normalized spacial score (nSPS) is 16.5. The number of sulfonamides is 1. The maximum absolute atomic E-state index is 12.6. The summed E-state index contributed by atoms with van der Waals surface area (Å²) in [7, 11) is -2.26. The first-order valence-electron chi connectivity index (χ1n) is 7.85. The Kier molecular flexibility index (Phi) is 6.83. The first kappa shape index (κ1) is 20.9. The van der Waals surface area contributed by atoms with Crippen LogP contribution in [0.15, 0.2) is 29.2 Å². The van der Waals surface area contributed by atoms with Gasteiger partial charge in [-0.05, 0) is 36.5 Å². The molecule has 146 valence electrons. The van der Waals surface area contributed by atoms with Crippen LogP contribution >= 0.6 is 12.2 Å². The first-order chi connectivity index (χ1) is 12.2. The third-order valence-corrected chi connectivity index (χ3v) is 6.24. The third-order valence-electron chi connectivity index (χ3n) is 3.93. The number of piperazine rings is 1. The minimum atomic E-state index is -4.50. The molecule has 1 aliphatic rings. The number of rotatable bonds is 5.